The molecule has 0 aliphatic carbocycles. The number of alkyl halides is 4. The van der Waals surface area contributed by atoms with Gasteiger partial charge in [0.2, 0.25) is 0 Å². The number of aromatic nitrogens is 1. The van der Waals surface area contributed by atoms with Gasteiger partial charge in [0.25, 0.3) is 5.91 Å². The molecule has 1 aromatic heterocycles. The zero-order valence-corrected chi connectivity index (χ0v) is 23.5. The summed E-state index contributed by atoms with van der Waals surface area (Å²) in [7, 11) is 3.20. The van der Waals surface area contributed by atoms with Crippen molar-refractivity contribution in [1.82, 2.24) is 14.2 Å². The Kier molecular flexibility index (Phi) is 9.55. The number of rotatable bonds is 8. The summed E-state index contributed by atoms with van der Waals surface area (Å²) in [4.78, 5) is 13.9. The SMILES string of the molecule is COc1cc(C(=O)NSC)c(F)cc1NCC#Cc1cc2c(N[C@@H]3CCN(C)C[C@@H]3F)cccc2n1CC(F)(F)F. The molecule has 0 bridgehead atoms. The average Bonchev–Trinajstić information content (AvgIpc) is 3.25. The predicted molar refractivity (Wildman–Crippen MR) is 152 cm³/mol. The lowest BCUT2D eigenvalue weighted by atomic mass is 10.0. The first kappa shape index (κ1) is 30.3. The first-order valence-electron chi connectivity index (χ1n) is 12.7. The number of nitrogens with zero attached hydrogens (tertiary/aromatic N) is 2. The van der Waals surface area contributed by atoms with Crippen LogP contribution in [0.2, 0.25) is 0 Å². The normalized spacial score (nSPS) is 17.6. The van der Waals surface area contributed by atoms with Crippen LogP contribution in [0.1, 0.15) is 22.5 Å². The van der Waals surface area contributed by atoms with Crippen LogP contribution in [0, 0.1) is 17.7 Å². The third kappa shape index (κ3) is 7.37. The number of anilines is 2. The highest BCUT2D eigenvalue weighted by Crippen LogP contribution is 2.32. The lowest BCUT2D eigenvalue weighted by molar-refractivity contribution is -0.140. The fraction of sp³-hybridized carbons (Fsp3) is 0.393. The van der Waals surface area contributed by atoms with Gasteiger partial charge in [-0.2, -0.15) is 13.2 Å². The molecule has 1 aliphatic heterocycles. The van der Waals surface area contributed by atoms with Crippen molar-refractivity contribution in [2.75, 3.05) is 50.7 Å². The minimum absolute atomic E-state index is 0.0517. The van der Waals surface area contributed by atoms with E-state index in [9.17, 15) is 26.7 Å². The van der Waals surface area contributed by atoms with Crippen molar-refractivity contribution in [2.45, 2.75) is 31.4 Å². The number of hydrogen-bond acceptors (Lipinski definition) is 6. The van der Waals surface area contributed by atoms with Crippen LogP contribution in [0.25, 0.3) is 10.9 Å². The van der Waals surface area contributed by atoms with Gasteiger partial charge in [0.15, 0.2) is 0 Å². The molecule has 3 aromatic rings. The number of nitrogens with one attached hydrogen (secondary N) is 3. The molecule has 41 heavy (non-hydrogen) atoms. The molecule has 2 aromatic carbocycles. The van der Waals surface area contributed by atoms with Crippen LogP contribution in [0.3, 0.4) is 0 Å². The third-order valence-electron chi connectivity index (χ3n) is 6.68. The Hall–Kier alpha value is -3.63. The van der Waals surface area contributed by atoms with Gasteiger partial charge in [0.1, 0.15) is 24.3 Å². The van der Waals surface area contributed by atoms with Crippen LogP contribution >= 0.6 is 11.9 Å². The molecule has 1 saturated heterocycles. The maximum Gasteiger partial charge on any atom is 0.406 e. The van der Waals surface area contributed by atoms with Crippen molar-refractivity contribution >= 4 is 40.1 Å². The van der Waals surface area contributed by atoms with Crippen LogP contribution < -0.4 is 20.1 Å². The summed E-state index contributed by atoms with van der Waals surface area (Å²) in [5.74, 6) is 4.36. The first-order chi connectivity index (χ1) is 19.5. The van der Waals surface area contributed by atoms with Crippen molar-refractivity contribution in [1.29, 1.82) is 0 Å². The smallest absolute Gasteiger partial charge is 0.406 e. The van der Waals surface area contributed by atoms with E-state index in [0.29, 0.717) is 29.6 Å². The molecule has 4 rings (SSSR count). The van der Waals surface area contributed by atoms with Gasteiger partial charge < -0.3 is 24.8 Å². The third-order valence-corrected chi connectivity index (χ3v) is 7.07. The van der Waals surface area contributed by atoms with Gasteiger partial charge in [-0.3, -0.25) is 9.52 Å². The van der Waals surface area contributed by atoms with Gasteiger partial charge in [0.05, 0.1) is 42.2 Å². The molecule has 13 heteroatoms. The van der Waals surface area contributed by atoms with E-state index in [2.05, 4.69) is 27.2 Å². The van der Waals surface area contributed by atoms with Crippen molar-refractivity contribution in [3.63, 3.8) is 0 Å². The van der Waals surface area contributed by atoms with Gasteiger partial charge in [-0.25, -0.2) is 8.78 Å². The molecule has 0 radical (unpaired) electrons. The Morgan fingerprint density at radius 3 is 2.68 bits per heavy atom. The van der Waals surface area contributed by atoms with Crippen LogP contribution in [-0.2, 0) is 6.54 Å². The van der Waals surface area contributed by atoms with Gasteiger partial charge in [0, 0.05) is 36.5 Å². The van der Waals surface area contributed by atoms with Crippen molar-refractivity contribution in [3.8, 4) is 17.6 Å². The Morgan fingerprint density at radius 1 is 1.22 bits per heavy atom. The van der Waals surface area contributed by atoms with Crippen molar-refractivity contribution in [3.05, 3.63) is 53.5 Å². The minimum atomic E-state index is -4.50. The number of methoxy groups -OCH3 is 1. The molecule has 7 nitrogen and oxygen atoms in total. The average molecular weight is 596 g/mol. The van der Waals surface area contributed by atoms with Crippen LogP contribution in [-0.4, -0.2) is 73.8 Å². The summed E-state index contributed by atoms with van der Waals surface area (Å²) < 4.78 is 78.6. The van der Waals surface area contributed by atoms with E-state index >= 15 is 0 Å². The van der Waals surface area contributed by atoms with E-state index in [4.69, 9.17) is 4.74 Å². The summed E-state index contributed by atoms with van der Waals surface area (Å²) in [6.07, 6.45) is -3.44. The number of benzene rings is 2. The fourth-order valence-electron chi connectivity index (χ4n) is 4.74. The topological polar surface area (TPSA) is 70.6 Å². The number of amides is 1. The first-order valence-corrected chi connectivity index (χ1v) is 13.9. The second kappa shape index (κ2) is 12.9. The van der Waals surface area contributed by atoms with E-state index in [-0.39, 0.29) is 35.8 Å². The van der Waals surface area contributed by atoms with Crippen molar-refractivity contribution in [2.24, 2.45) is 0 Å². The lowest BCUT2D eigenvalue weighted by Crippen LogP contribution is -2.46. The van der Waals surface area contributed by atoms with E-state index in [1.54, 1.807) is 30.5 Å². The summed E-state index contributed by atoms with van der Waals surface area (Å²) in [6, 6.07) is 8.34. The van der Waals surface area contributed by atoms with Crippen LogP contribution in [0.5, 0.6) is 5.75 Å². The Labute approximate surface area is 238 Å². The standard InChI is InChI=1S/C28H30F5N5O2S/c1-37-11-9-23(21(30)15-37)35-22-7-4-8-25-19(22)12-17(38(25)16-28(31,32)33)6-5-10-34-24-14-20(29)18(13-26(24)40-2)27(39)36-41-3/h4,7-8,12-14,21,23,34-35H,9-11,15-16H2,1-3H3,(H,36,39)/t21-,23+/m0/s1. The molecule has 1 amide bonds. The highest BCUT2D eigenvalue weighted by atomic mass is 32.2. The molecule has 0 spiro atoms. The van der Waals surface area contributed by atoms with Crippen molar-refractivity contribution < 1.29 is 31.5 Å². The van der Waals surface area contributed by atoms with E-state index in [1.165, 1.54) is 13.2 Å². The van der Waals surface area contributed by atoms with Gasteiger partial charge in [-0.1, -0.05) is 23.9 Å². The van der Waals surface area contributed by atoms with E-state index in [1.807, 2.05) is 11.9 Å². The maximum atomic E-state index is 14.7. The molecule has 1 aliphatic rings. The molecule has 220 valence electrons. The molecule has 0 saturated carbocycles. The summed E-state index contributed by atoms with van der Waals surface area (Å²) in [6.45, 7) is -0.329. The number of piperidine rings is 1. The number of halogens is 5. The molecule has 0 unspecified atom stereocenters. The predicted octanol–water partition coefficient (Wildman–Crippen LogP) is 5.28. The number of carbonyl (C=O) groups is 1. The van der Waals surface area contributed by atoms with Crippen LogP contribution in [0.4, 0.5) is 33.3 Å². The fourth-order valence-corrected chi connectivity index (χ4v) is 5.03. The highest BCUT2D eigenvalue weighted by Gasteiger charge is 2.31. The molecular weight excluding hydrogens is 565 g/mol. The largest absolute Gasteiger partial charge is 0.495 e. The molecule has 3 N–H and O–H groups in total. The molecular formula is C28H30F5N5O2S. The second-order valence-electron chi connectivity index (χ2n) is 9.61. The van der Waals surface area contributed by atoms with Gasteiger partial charge in [-0.05, 0) is 43.7 Å². The summed E-state index contributed by atoms with van der Waals surface area (Å²) in [5, 5.41) is 6.58. The number of ether oxygens (including phenoxy) is 1. The zero-order valence-electron chi connectivity index (χ0n) is 22.7. The summed E-state index contributed by atoms with van der Waals surface area (Å²) >= 11 is 1.03. The van der Waals surface area contributed by atoms with Crippen LogP contribution in [0.15, 0.2) is 36.4 Å². The lowest BCUT2D eigenvalue weighted by Gasteiger charge is -2.33. The Bertz CT molecular complexity index is 1470. The minimum Gasteiger partial charge on any atom is -0.495 e. The number of fused-ring (bicyclic) bond motifs is 1. The maximum absolute atomic E-state index is 14.7. The Balaban J connectivity index is 1.60. The molecule has 2 atom stereocenters. The van der Waals surface area contributed by atoms with E-state index < -0.39 is 36.7 Å². The monoisotopic (exact) mass is 595 g/mol. The van der Waals surface area contributed by atoms with E-state index in [0.717, 1.165) is 22.6 Å². The second-order valence-corrected chi connectivity index (χ2v) is 10.2. The van der Waals surface area contributed by atoms with Gasteiger partial charge >= 0.3 is 6.18 Å². The zero-order chi connectivity index (χ0) is 29.7. The molecule has 1 fully saturated rings. The Morgan fingerprint density at radius 2 is 2.00 bits per heavy atom. The highest BCUT2D eigenvalue weighted by molar-refractivity contribution is 7.97. The van der Waals surface area contributed by atoms with Gasteiger partial charge in [-0.15, -0.1) is 0 Å². The number of carbonyl (C=O) groups excluding carboxylic acids is 1. The number of likely N-dealkylation sites (tertiary alicyclic amines) is 1. The summed E-state index contributed by atoms with van der Waals surface area (Å²) in [5.41, 5.74) is 0.994. The number of hydrogen-bond donors (Lipinski definition) is 3. The molecule has 2 heterocycles. The quantitative estimate of drug-likeness (QED) is 0.187.